The minimum absolute atomic E-state index is 0. The van der Waals surface area contributed by atoms with E-state index in [1.165, 1.54) is 12.8 Å². The van der Waals surface area contributed by atoms with Crippen LogP contribution in [0.2, 0.25) is 0 Å². The molecule has 2 rings (SSSR count). The third kappa shape index (κ3) is 7.02. The summed E-state index contributed by atoms with van der Waals surface area (Å²) in [5, 5.41) is 6.85. The molecule has 8 heteroatoms. The van der Waals surface area contributed by atoms with Crippen molar-refractivity contribution in [3.63, 3.8) is 0 Å². The summed E-state index contributed by atoms with van der Waals surface area (Å²) in [6.45, 7) is 7.24. The number of carbonyl (C=O) groups is 1. The third-order valence-electron chi connectivity index (χ3n) is 5.89. The molecule has 1 saturated carbocycles. The number of nitrogens with one attached hydrogen (secondary N) is 2. The summed E-state index contributed by atoms with van der Waals surface area (Å²) in [6.07, 6.45) is 6.58. The van der Waals surface area contributed by atoms with E-state index in [1.54, 1.807) is 12.0 Å². The molecule has 2 fully saturated rings. The lowest BCUT2D eigenvalue weighted by Crippen LogP contribution is -2.46. The van der Waals surface area contributed by atoms with Gasteiger partial charge in [-0.25, -0.2) is 0 Å². The average molecular weight is 509 g/mol. The zero-order valence-electron chi connectivity index (χ0n) is 18.1. The Morgan fingerprint density at radius 1 is 1.25 bits per heavy atom. The quantitative estimate of drug-likeness (QED) is 0.283. The average Bonchev–Trinajstić information content (AvgIpc) is 3.31. The third-order valence-corrected chi connectivity index (χ3v) is 5.89. The molecule has 1 saturated heterocycles. The van der Waals surface area contributed by atoms with Crippen molar-refractivity contribution in [3.8, 4) is 0 Å². The predicted octanol–water partition coefficient (Wildman–Crippen LogP) is 1.92. The van der Waals surface area contributed by atoms with Crippen molar-refractivity contribution in [3.05, 3.63) is 0 Å². The van der Waals surface area contributed by atoms with Gasteiger partial charge in [0.25, 0.3) is 0 Å². The molecule has 0 aromatic rings. The Balaban J connectivity index is 0.00000392. The highest BCUT2D eigenvalue weighted by Crippen LogP contribution is 2.39. The van der Waals surface area contributed by atoms with Crippen molar-refractivity contribution >= 4 is 35.8 Å². The molecule has 1 heterocycles. The molecule has 0 bridgehead atoms. The first-order valence-electron chi connectivity index (χ1n) is 10.5. The van der Waals surface area contributed by atoms with Gasteiger partial charge in [-0.3, -0.25) is 14.7 Å². The predicted molar refractivity (Wildman–Crippen MR) is 125 cm³/mol. The van der Waals surface area contributed by atoms with Crippen LogP contribution < -0.4 is 10.6 Å². The van der Waals surface area contributed by atoms with Gasteiger partial charge >= 0.3 is 0 Å². The fraction of sp³-hybridized carbons (Fsp3) is 0.900. The van der Waals surface area contributed by atoms with Crippen molar-refractivity contribution < 1.29 is 9.53 Å². The lowest BCUT2D eigenvalue weighted by Gasteiger charge is -2.29. The number of ether oxygens (including phenoxy) is 1. The number of nitrogens with zero attached hydrogens (tertiary/aromatic N) is 3. The van der Waals surface area contributed by atoms with Crippen molar-refractivity contribution in [2.45, 2.75) is 51.5 Å². The van der Waals surface area contributed by atoms with E-state index in [0.717, 1.165) is 64.4 Å². The highest BCUT2D eigenvalue weighted by Gasteiger charge is 2.42. The number of halogens is 1. The standard InChI is InChI=1S/C20H39N5O2.HI/c1-5-21-19(22-15-17-9-8-12-25(17)13-14-27-4)23-16-20(10-6-7-11-20)18(26)24(2)3;/h17H,5-16H2,1-4H3,(H2,21,22,23);1H. The molecule has 0 aromatic carbocycles. The second-order valence-electron chi connectivity index (χ2n) is 8.09. The Bertz CT molecular complexity index is 495. The molecule has 1 unspecified atom stereocenters. The van der Waals surface area contributed by atoms with Gasteiger partial charge in [-0.05, 0) is 39.2 Å². The Kier molecular flexibility index (Phi) is 11.7. The van der Waals surface area contributed by atoms with Crippen LogP contribution in [0.25, 0.3) is 0 Å². The molecule has 2 N–H and O–H groups in total. The second-order valence-corrected chi connectivity index (χ2v) is 8.09. The van der Waals surface area contributed by atoms with Crippen LogP contribution in [0.3, 0.4) is 0 Å². The van der Waals surface area contributed by atoms with Gasteiger partial charge in [-0.15, -0.1) is 24.0 Å². The van der Waals surface area contributed by atoms with Crippen molar-refractivity contribution in [2.75, 3.05) is 60.5 Å². The minimum Gasteiger partial charge on any atom is -0.383 e. The molecule has 1 aliphatic carbocycles. The largest absolute Gasteiger partial charge is 0.383 e. The number of guanidine groups is 1. The smallest absolute Gasteiger partial charge is 0.230 e. The van der Waals surface area contributed by atoms with Gasteiger partial charge in [-0.1, -0.05) is 12.8 Å². The number of rotatable bonds is 9. The summed E-state index contributed by atoms with van der Waals surface area (Å²) in [7, 11) is 5.46. The van der Waals surface area contributed by atoms with Gasteiger partial charge in [0.05, 0.1) is 18.6 Å². The van der Waals surface area contributed by atoms with Gasteiger partial charge in [0.15, 0.2) is 5.96 Å². The highest BCUT2D eigenvalue weighted by atomic mass is 127. The van der Waals surface area contributed by atoms with Gasteiger partial charge < -0.3 is 20.3 Å². The van der Waals surface area contributed by atoms with Crippen molar-refractivity contribution in [1.29, 1.82) is 0 Å². The summed E-state index contributed by atoms with van der Waals surface area (Å²) in [6, 6.07) is 0.521. The Morgan fingerprint density at radius 3 is 2.57 bits per heavy atom. The van der Waals surface area contributed by atoms with Crippen LogP contribution in [0.1, 0.15) is 45.4 Å². The van der Waals surface area contributed by atoms with Crippen LogP contribution in [0.15, 0.2) is 4.99 Å². The van der Waals surface area contributed by atoms with E-state index in [4.69, 9.17) is 9.73 Å². The van der Waals surface area contributed by atoms with E-state index >= 15 is 0 Å². The minimum atomic E-state index is -0.316. The molecular weight excluding hydrogens is 469 g/mol. The van der Waals surface area contributed by atoms with Gasteiger partial charge in [0.1, 0.15) is 0 Å². The van der Waals surface area contributed by atoms with Gasteiger partial charge in [0, 0.05) is 46.9 Å². The van der Waals surface area contributed by atoms with Gasteiger partial charge in [0.2, 0.25) is 5.91 Å². The van der Waals surface area contributed by atoms with E-state index in [2.05, 4.69) is 22.5 Å². The fourth-order valence-electron chi connectivity index (χ4n) is 4.38. The molecule has 164 valence electrons. The molecule has 7 nitrogen and oxygen atoms in total. The Hall–Kier alpha value is -0.610. The first-order chi connectivity index (χ1) is 13.0. The molecule has 0 aromatic heterocycles. The van der Waals surface area contributed by atoms with Crippen LogP contribution in [-0.2, 0) is 9.53 Å². The van der Waals surface area contributed by atoms with Crippen molar-refractivity contribution in [2.24, 2.45) is 10.4 Å². The molecule has 2 aliphatic rings. The molecular formula is C20H40IN5O2. The molecule has 1 aliphatic heterocycles. The van der Waals surface area contributed by atoms with Crippen LogP contribution in [0.4, 0.5) is 0 Å². The summed E-state index contributed by atoms with van der Waals surface area (Å²) in [5.74, 6) is 1.05. The van der Waals surface area contributed by atoms with E-state index in [9.17, 15) is 4.79 Å². The second kappa shape index (κ2) is 12.8. The van der Waals surface area contributed by atoms with Crippen LogP contribution in [0.5, 0.6) is 0 Å². The van der Waals surface area contributed by atoms with E-state index in [1.807, 2.05) is 14.1 Å². The molecule has 1 atom stereocenters. The van der Waals surface area contributed by atoms with Crippen LogP contribution >= 0.6 is 24.0 Å². The number of likely N-dealkylation sites (tertiary alicyclic amines) is 1. The topological polar surface area (TPSA) is 69.2 Å². The zero-order valence-corrected chi connectivity index (χ0v) is 20.5. The SMILES string of the molecule is CCNC(=NCC1(C(=O)N(C)C)CCCC1)NCC1CCCN1CCOC.I. The zero-order chi connectivity index (χ0) is 19.7. The lowest BCUT2D eigenvalue weighted by molar-refractivity contribution is -0.138. The monoisotopic (exact) mass is 509 g/mol. The summed E-state index contributed by atoms with van der Waals surface area (Å²) in [5.41, 5.74) is -0.316. The maximum absolute atomic E-state index is 12.7. The van der Waals surface area contributed by atoms with Crippen LogP contribution in [0, 0.1) is 5.41 Å². The first kappa shape index (κ1) is 25.4. The highest BCUT2D eigenvalue weighted by molar-refractivity contribution is 14.0. The van der Waals surface area contributed by atoms with E-state index in [-0.39, 0.29) is 35.3 Å². The molecule has 0 radical (unpaired) electrons. The maximum Gasteiger partial charge on any atom is 0.230 e. The Morgan fingerprint density at radius 2 is 1.96 bits per heavy atom. The van der Waals surface area contributed by atoms with Gasteiger partial charge in [-0.2, -0.15) is 0 Å². The normalized spacial score (nSPS) is 22.0. The van der Waals surface area contributed by atoms with Crippen molar-refractivity contribution in [1.82, 2.24) is 20.4 Å². The van der Waals surface area contributed by atoms with E-state index in [0.29, 0.717) is 12.6 Å². The van der Waals surface area contributed by atoms with E-state index < -0.39 is 0 Å². The Labute approximate surface area is 188 Å². The number of carbonyl (C=O) groups excluding carboxylic acids is 1. The first-order valence-corrected chi connectivity index (χ1v) is 10.5. The maximum atomic E-state index is 12.7. The van der Waals surface area contributed by atoms with Crippen LogP contribution in [-0.4, -0.2) is 88.2 Å². The lowest BCUT2D eigenvalue weighted by atomic mass is 9.85. The number of methoxy groups -OCH3 is 1. The number of hydrogen-bond donors (Lipinski definition) is 2. The summed E-state index contributed by atoms with van der Waals surface area (Å²) >= 11 is 0. The molecule has 1 amide bonds. The molecule has 0 spiro atoms. The summed E-state index contributed by atoms with van der Waals surface area (Å²) in [4.78, 5) is 21.8. The fourth-order valence-corrected chi connectivity index (χ4v) is 4.38. The number of hydrogen-bond acceptors (Lipinski definition) is 4. The number of amides is 1. The summed E-state index contributed by atoms with van der Waals surface area (Å²) < 4.78 is 5.23. The molecule has 28 heavy (non-hydrogen) atoms. The number of aliphatic imine (C=N–C) groups is 1.